The number of sulfonamides is 1. The zero-order chi connectivity index (χ0) is 14.0. The van der Waals surface area contributed by atoms with Crippen LogP contribution in [0.3, 0.4) is 0 Å². The summed E-state index contributed by atoms with van der Waals surface area (Å²) in [7, 11) is -2.07. The van der Waals surface area contributed by atoms with Crippen LogP contribution < -0.4 is 4.72 Å². The van der Waals surface area contributed by atoms with E-state index in [1.165, 1.54) is 22.2 Å². The molecule has 0 saturated heterocycles. The van der Waals surface area contributed by atoms with Gasteiger partial charge < -0.3 is 4.57 Å². The Morgan fingerprint density at radius 2 is 2.32 bits per heavy atom. The lowest BCUT2D eigenvalue weighted by Gasteiger charge is -2.14. The van der Waals surface area contributed by atoms with Gasteiger partial charge >= 0.3 is 0 Å². The van der Waals surface area contributed by atoms with Gasteiger partial charge in [-0.25, -0.2) is 18.1 Å². The van der Waals surface area contributed by atoms with Gasteiger partial charge in [0.1, 0.15) is 5.15 Å². The van der Waals surface area contributed by atoms with Crippen molar-refractivity contribution >= 4 is 33.0 Å². The van der Waals surface area contributed by atoms with Gasteiger partial charge in [-0.1, -0.05) is 24.6 Å². The molecule has 0 aliphatic heterocycles. The van der Waals surface area contributed by atoms with Gasteiger partial charge in [-0.2, -0.15) is 0 Å². The lowest BCUT2D eigenvalue weighted by atomic mass is 10.2. The number of thiophene rings is 1. The molecule has 2 rings (SSSR count). The summed E-state index contributed by atoms with van der Waals surface area (Å²) < 4.78 is 28.6. The highest BCUT2D eigenvalue weighted by Gasteiger charge is 2.26. The van der Waals surface area contributed by atoms with Crippen molar-refractivity contribution in [2.24, 2.45) is 7.05 Å². The summed E-state index contributed by atoms with van der Waals surface area (Å²) in [6, 6.07) is 3.54. The standard InChI is InChI=1S/C11H14ClN3O2S2/c1-3-8(9-5-4-6-18-9)14-19(16,17)11-10(12)15(2)7-13-11/h4-8,14H,3H2,1-2H3. The van der Waals surface area contributed by atoms with E-state index in [9.17, 15) is 8.42 Å². The monoisotopic (exact) mass is 319 g/mol. The minimum Gasteiger partial charge on any atom is -0.324 e. The normalized spacial score (nSPS) is 13.6. The molecule has 0 aromatic carbocycles. The smallest absolute Gasteiger partial charge is 0.261 e. The molecule has 2 heterocycles. The van der Waals surface area contributed by atoms with Gasteiger partial charge in [0, 0.05) is 11.9 Å². The van der Waals surface area contributed by atoms with Crippen LogP contribution in [0.5, 0.6) is 0 Å². The van der Waals surface area contributed by atoms with Gasteiger partial charge in [0.15, 0.2) is 0 Å². The molecular formula is C11H14ClN3O2S2. The predicted octanol–water partition coefficient (Wildman–Crippen LogP) is 2.56. The minimum absolute atomic E-state index is 0.105. The van der Waals surface area contributed by atoms with E-state index in [2.05, 4.69) is 9.71 Å². The summed E-state index contributed by atoms with van der Waals surface area (Å²) >= 11 is 7.44. The second-order valence-electron chi connectivity index (χ2n) is 4.05. The fraction of sp³-hybridized carbons (Fsp3) is 0.364. The Kier molecular flexibility index (Phi) is 4.29. The van der Waals surface area contributed by atoms with E-state index in [0.717, 1.165) is 4.88 Å². The van der Waals surface area contributed by atoms with Crippen LogP contribution in [0.15, 0.2) is 28.9 Å². The molecule has 0 spiro atoms. The predicted molar refractivity (Wildman–Crippen MR) is 75.9 cm³/mol. The van der Waals surface area contributed by atoms with Crippen LogP contribution in [0.1, 0.15) is 24.3 Å². The SMILES string of the molecule is CCC(NS(=O)(=O)c1ncn(C)c1Cl)c1cccs1. The first-order chi connectivity index (χ1) is 8.95. The van der Waals surface area contributed by atoms with Crippen molar-refractivity contribution in [2.45, 2.75) is 24.4 Å². The highest BCUT2D eigenvalue weighted by Crippen LogP contribution is 2.25. The van der Waals surface area contributed by atoms with Crippen molar-refractivity contribution in [1.29, 1.82) is 0 Å². The minimum atomic E-state index is -3.71. The van der Waals surface area contributed by atoms with Crippen molar-refractivity contribution in [1.82, 2.24) is 14.3 Å². The maximum Gasteiger partial charge on any atom is 0.261 e. The van der Waals surface area contributed by atoms with E-state index < -0.39 is 10.0 Å². The molecule has 2 aromatic rings. The molecule has 2 aromatic heterocycles. The molecule has 1 N–H and O–H groups in total. The Hall–Kier alpha value is -0.890. The highest BCUT2D eigenvalue weighted by atomic mass is 35.5. The maximum absolute atomic E-state index is 12.3. The van der Waals surface area contributed by atoms with Crippen molar-refractivity contribution in [3.05, 3.63) is 33.9 Å². The molecule has 1 unspecified atom stereocenters. The average Bonchev–Trinajstić information content (AvgIpc) is 2.98. The number of halogens is 1. The number of imidazole rings is 1. The molecule has 0 saturated carbocycles. The molecule has 0 fully saturated rings. The first kappa shape index (κ1) is 14.5. The van der Waals surface area contributed by atoms with E-state index in [4.69, 9.17) is 11.6 Å². The van der Waals surface area contributed by atoms with Crippen molar-refractivity contribution < 1.29 is 8.42 Å². The summed E-state index contributed by atoms with van der Waals surface area (Å²) in [5.74, 6) is 0. The Bertz CT molecular complexity index is 650. The van der Waals surface area contributed by atoms with Crippen molar-refractivity contribution in [3.63, 3.8) is 0 Å². The van der Waals surface area contributed by atoms with Gasteiger partial charge in [-0.3, -0.25) is 0 Å². The Morgan fingerprint density at radius 1 is 1.58 bits per heavy atom. The third kappa shape index (κ3) is 3.00. The molecule has 0 amide bonds. The largest absolute Gasteiger partial charge is 0.324 e. The third-order valence-corrected chi connectivity index (χ3v) is 5.63. The number of nitrogens with one attached hydrogen (secondary N) is 1. The molecule has 0 aliphatic rings. The lowest BCUT2D eigenvalue weighted by Crippen LogP contribution is -2.28. The second-order valence-corrected chi connectivity index (χ2v) is 7.02. The molecule has 1 atom stereocenters. The fourth-order valence-corrected chi connectivity index (χ4v) is 4.31. The van der Waals surface area contributed by atoms with Crippen LogP contribution in [0.25, 0.3) is 0 Å². The number of hydrogen-bond donors (Lipinski definition) is 1. The molecule has 19 heavy (non-hydrogen) atoms. The van der Waals surface area contributed by atoms with Crippen LogP contribution in [-0.2, 0) is 17.1 Å². The topological polar surface area (TPSA) is 64.0 Å². The Morgan fingerprint density at radius 3 is 2.79 bits per heavy atom. The van der Waals surface area contributed by atoms with E-state index in [1.807, 2.05) is 24.4 Å². The number of rotatable bonds is 5. The van der Waals surface area contributed by atoms with E-state index in [0.29, 0.717) is 6.42 Å². The molecular weight excluding hydrogens is 306 g/mol. The summed E-state index contributed by atoms with van der Waals surface area (Å²) in [5.41, 5.74) is 0. The summed E-state index contributed by atoms with van der Waals surface area (Å²) in [4.78, 5) is 4.81. The van der Waals surface area contributed by atoms with Gasteiger partial charge in [0.05, 0.1) is 12.4 Å². The van der Waals surface area contributed by atoms with E-state index in [1.54, 1.807) is 7.05 Å². The summed E-state index contributed by atoms with van der Waals surface area (Å²) in [5, 5.41) is 1.89. The first-order valence-corrected chi connectivity index (χ1v) is 8.42. The fourth-order valence-electron chi connectivity index (χ4n) is 1.65. The van der Waals surface area contributed by atoms with Gasteiger partial charge in [-0.05, 0) is 17.9 Å². The molecule has 5 nitrogen and oxygen atoms in total. The van der Waals surface area contributed by atoms with Crippen molar-refractivity contribution in [3.8, 4) is 0 Å². The van der Waals surface area contributed by atoms with Gasteiger partial charge in [-0.15, -0.1) is 11.3 Å². The number of hydrogen-bond acceptors (Lipinski definition) is 4. The van der Waals surface area contributed by atoms with Crippen LogP contribution in [-0.4, -0.2) is 18.0 Å². The summed E-state index contributed by atoms with van der Waals surface area (Å²) in [6.07, 6.45) is 2.03. The zero-order valence-corrected chi connectivity index (χ0v) is 12.9. The maximum atomic E-state index is 12.3. The van der Waals surface area contributed by atoms with Crippen LogP contribution >= 0.6 is 22.9 Å². The Balaban J connectivity index is 2.28. The van der Waals surface area contributed by atoms with Crippen LogP contribution in [0.2, 0.25) is 5.15 Å². The molecule has 0 radical (unpaired) electrons. The zero-order valence-electron chi connectivity index (χ0n) is 10.5. The second kappa shape index (κ2) is 5.62. The van der Waals surface area contributed by atoms with Gasteiger partial charge in [0.2, 0.25) is 5.03 Å². The van der Waals surface area contributed by atoms with E-state index >= 15 is 0 Å². The van der Waals surface area contributed by atoms with E-state index in [-0.39, 0.29) is 16.2 Å². The number of nitrogens with zero attached hydrogens (tertiary/aromatic N) is 2. The Labute approximate surface area is 121 Å². The molecule has 104 valence electrons. The lowest BCUT2D eigenvalue weighted by molar-refractivity contribution is 0.550. The number of aromatic nitrogens is 2. The van der Waals surface area contributed by atoms with Crippen molar-refractivity contribution in [2.75, 3.05) is 0 Å². The third-order valence-electron chi connectivity index (χ3n) is 2.68. The molecule has 0 bridgehead atoms. The first-order valence-electron chi connectivity index (χ1n) is 5.68. The van der Waals surface area contributed by atoms with Crippen LogP contribution in [0, 0.1) is 0 Å². The average molecular weight is 320 g/mol. The molecule has 8 heteroatoms. The van der Waals surface area contributed by atoms with Gasteiger partial charge in [0.25, 0.3) is 10.0 Å². The summed E-state index contributed by atoms with van der Waals surface area (Å²) in [6.45, 7) is 1.92. The molecule has 0 aliphatic carbocycles. The van der Waals surface area contributed by atoms with Crippen LogP contribution in [0.4, 0.5) is 0 Å². The quantitative estimate of drug-likeness (QED) is 0.921. The number of aryl methyl sites for hydroxylation is 1. The highest BCUT2D eigenvalue weighted by molar-refractivity contribution is 7.89.